The Morgan fingerprint density at radius 2 is 1.78 bits per heavy atom. The summed E-state index contributed by atoms with van der Waals surface area (Å²) in [5.41, 5.74) is 3.26. The third-order valence-corrected chi connectivity index (χ3v) is 4.57. The quantitative estimate of drug-likeness (QED) is 0.787. The Morgan fingerprint density at radius 1 is 1.00 bits per heavy atom. The van der Waals surface area contributed by atoms with Crippen molar-refractivity contribution in [1.29, 1.82) is 0 Å². The molecule has 3 heteroatoms. The zero-order valence-electron chi connectivity index (χ0n) is 12.8. The average Bonchev–Trinajstić information content (AvgIpc) is 2.61. The van der Waals surface area contributed by atoms with Crippen LogP contribution in [0.3, 0.4) is 0 Å². The third-order valence-electron chi connectivity index (χ3n) is 4.57. The second-order valence-corrected chi connectivity index (χ2v) is 6.06. The highest BCUT2D eigenvalue weighted by Gasteiger charge is 2.21. The van der Waals surface area contributed by atoms with Gasteiger partial charge in [0, 0.05) is 17.6 Å². The van der Waals surface area contributed by atoms with Gasteiger partial charge in [-0.3, -0.25) is 9.78 Å². The molecular weight excluding hydrogens is 284 g/mol. The van der Waals surface area contributed by atoms with Gasteiger partial charge in [-0.25, -0.2) is 0 Å². The maximum absolute atomic E-state index is 12.7. The van der Waals surface area contributed by atoms with E-state index in [2.05, 4.69) is 34.6 Å². The van der Waals surface area contributed by atoms with Gasteiger partial charge in [0.05, 0.1) is 0 Å². The topological polar surface area (TPSA) is 42.0 Å². The fourth-order valence-corrected chi connectivity index (χ4v) is 3.38. The number of pyridine rings is 1. The predicted molar refractivity (Wildman–Crippen MR) is 91.5 cm³/mol. The molecule has 1 aliphatic carbocycles. The first kappa shape index (κ1) is 13.9. The van der Waals surface area contributed by atoms with Crippen LogP contribution >= 0.6 is 0 Å². The van der Waals surface area contributed by atoms with Crippen LogP contribution in [0, 0.1) is 0 Å². The minimum Gasteiger partial charge on any atom is -0.348 e. The fraction of sp³-hybridized carbons (Fsp3) is 0.200. The van der Waals surface area contributed by atoms with Crippen LogP contribution in [0.5, 0.6) is 0 Å². The summed E-state index contributed by atoms with van der Waals surface area (Å²) >= 11 is 0. The van der Waals surface area contributed by atoms with E-state index in [9.17, 15) is 4.79 Å². The number of aromatic nitrogens is 1. The van der Waals surface area contributed by atoms with Crippen LogP contribution in [0.15, 0.2) is 60.8 Å². The third kappa shape index (κ3) is 2.70. The van der Waals surface area contributed by atoms with Crippen molar-refractivity contribution in [1.82, 2.24) is 10.3 Å². The summed E-state index contributed by atoms with van der Waals surface area (Å²) in [6.07, 6.45) is 4.59. The summed E-state index contributed by atoms with van der Waals surface area (Å²) in [7, 11) is 0. The van der Waals surface area contributed by atoms with Crippen molar-refractivity contribution in [3.63, 3.8) is 0 Å². The van der Waals surface area contributed by atoms with Gasteiger partial charge in [-0.15, -0.1) is 0 Å². The maximum atomic E-state index is 12.7. The lowest BCUT2D eigenvalue weighted by molar-refractivity contribution is 0.0930. The van der Waals surface area contributed by atoms with Gasteiger partial charge in [-0.05, 0) is 41.8 Å². The van der Waals surface area contributed by atoms with Gasteiger partial charge in [-0.2, -0.15) is 0 Å². The highest BCUT2D eigenvalue weighted by Crippen LogP contribution is 2.22. The Balaban J connectivity index is 1.56. The van der Waals surface area contributed by atoms with Crippen LogP contribution in [-0.4, -0.2) is 16.9 Å². The van der Waals surface area contributed by atoms with Crippen molar-refractivity contribution in [3.05, 3.63) is 77.6 Å². The van der Waals surface area contributed by atoms with E-state index in [0.717, 1.165) is 30.0 Å². The van der Waals surface area contributed by atoms with E-state index in [1.165, 1.54) is 11.1 Å². The molecule has 1 N–H and O–H groups in total. The first-order chi connectivity index (χ1) is 11.3. The van der Waals surface area contributed by atoms with Crippen molar-refractivity contribution >= 4 is 16.7 Å². The smallest absolute Gasteiger partial charge is 0.270 e. The summed E-state index contributed by atoms with van der Waals surface area (Å²) in [5, 5.41) is 5.12. The van der Waals surface area contributed by atoms with E-state index < -0.39 is 0 Å². The Kier molecular flexibility index (Phi) is 3.54. The summed E-state index contributed by atoms with van der Waals surface area (Å²) in [6, 6.07) is 18.5. The number of carbonyl (C=O) groups excluding carboxylic acids is 1. The minimum atomic E-state index is -0.0776. The standard InChI is InChI=1S/C20H18N2O/c23-20(19-18-8-4-3-6-15(18)11-12-21-19)22-17-10-9-14-5-1-2-7-16(14)13-17/h1-8,11-12,17H,9-10,13H2,(H,22,23). The lowest BCUT2D eigenvalue weighted by atomic mass is 9.88. The molecule has 2 aromatic carbocycles. The number of amides is 1. The highest BCUT2D eigenvalue weighted by molar-refractivity contribution is 6.05. The van der Waals surface area contributed by atoms with E-state index in [-0.39, 0.29) is 11.9 Å². The average molecular weight is 302 g/mol. The SMILES string of the molecule is O=C(NC1CCc2ccccc2C1)c1nccc2ccccc12. The lowest BCUT2D eigenvalue weighted by Gasteiger charge is -2.25. The van der Waals surface area contributed by atoms with E-state index in [1.54, 1.807) is 6.20 Å². The number of carbonyl (C=O) groups is 1. The number of hydrogen-bond donors (Lipinski definition) is 1. The van der Waals surface area contributed by atoms with Gasteiger partial charge in [0.2, 0.25) is 0 Å². The first-order valence-electron chi connectivity index (χ1n) is 8.02. The summed E-state index contributed by atoms with van der Waals surface area (Å²) in [6.45, 7) is 0. The molecule has 0 spiro atoms. The molecule has 1 amide bonds. The van der Waals surface area contributed by atoms with Crippen LogP contribution in [0.2, 0.25) is 0 Å². The molecule has 1 unspecified atom stereocenters. The molecule has 3 nitrogen and oxygen atoms in total. The second-order valence-electron chi connectivity index (χ2n) is 6.06. The van der Waals surface area contributed by atoms with Crippen LogP contribution in [0.4, 0.5) is 0 Å². The molecule has 1 atom stereocenters. The van der Waals surface area contributed by atoms with Crippen molar-refractivity contribution < 1.29 is 4.79 Å². The molecule has 0 saturated carbocycles. The molecule has 114 valence electrons. The number of nitrogens with one attached hydrogen (secondary N) is 1. The zero-order chi connectivity index (χ0) is 15.6. The van der Waals surface area contributed by atoms with Gasteiger partial charge in [-0.1, -0.05) is 48.5 Å². The Hall–Kier alpha value is -2.68. The van der Waals surface area contributed by atoms with Crippen LogP contribution in [0.25, 0.3) is 10.8 Å². The van der Waals surface area contributed by atoms with Gasteiger partial charge in [0.15, 0.2) is 0 Å². The van der Waals surface area contributed by atoms with Gasteiger partial charge < -0.3 is 5.32 Å². The number of fused-ring (bicyclic) bond motifs is 2. The molecule has 23 heavy (non-hydrogen) atoms. The predicted octanol–water partition coefficient (Wildman–Crippen LogP) is 3.52. The molecule has 1 heterocycles. The van der Waals surface area contributed by atoms with Crippen molar-refractivity contribution in [3.8, 4) is 0 Å². The van der Waals surface area contributed by atoms with E-state index in [0.29, 0.717) is 5.69 Å². The molecule has 0 saturated heterocycles. The molecular formula is C20H18N2O. The molecule has 4 rings (SSSR count). The van der Waals surface area contributed by atoms with Gasteiger partial charge >= 0.3 is 0 Å². The summed E-state index contributed by atoms with van der Waals surface area (Å²) in [5.74, 6) is -0.0776. The van der Waals surface area contributed by atoms with E-state index in [4.69, 9.17) is 0 Å². The Bertz CT molecular complexity index is 867. The summed E-state index contributed by atoms with van der Waals surface area (Å²) < 4.78 is 0. The summed E-state index contributed by atoms with van der Waals surface area (Å²) in [4.78, 5) is 17.0. The molecule has 1 aromatic heterocycles. The molecule has 0 aliphatic heterocycles. The Labute approximate surface area is 135 Å². The van der Waals surface area contributed by atoms with Gasteiger partial charge in [0.25, 0.3) is 5.91 Å². The molecule has 1 aliphatic rings. The molecule has 0 radical (unpaired) electrons. The number of aryl methyl sites for hydroxylation is 1. The highest BCUT2D eigenvalue weighted by atomic mass is 16.1. The monoisotopic (exact) mass is 302 g/mol. The van der Waals surface area contributed by atoms with Crippen molar-refractivity contribution in [2.75, 3.05) is 0 Å². The maximum Gasteiger partial charge on any atom is 0.270 e. The molecule has 3 aromatic rings. The van der Waals surface area contributed by atoms with E-state index in [1.807, 2.05) is 30.3 Å². The van der Waals surface area contributed by atoms with Crippen LogP contribution in [-0.2, 0) is 12.8 Å². The Morgan fingerprint density at radius 3 is 2.70 bits per heavy atom. The molecule has 0 fully saturated rings. The number of rotatable bonds is 2. The molecule has 0 bridgehead atoms. The second kappa shape index (κ2) is 5.84. The van der Waals surface area contributed by atoms with E-state index >= 15 is 0 Å². The zero-order valence-corrected chi connectivity index (χ0v) is 12.8. The van der Waals surface area contributed by atoms with Crippen LogP contribution in [0.1, 0.15) is 28.0 Å². The lowest BCUT2D eigenvalue weighted by Crippen LogP contribution is -2.39. The fourth-order valence-electron chi connectivity index (χ4n) is 3.38. The number of benzene rings is 2. The van der Waals surface area contributed by atoms with Crippen molar-refractivity contribution in [2.24, 2.45) is 0 Å². The van der Waals surface area contributed by atoms with Crippen molar-refractivity contribution in [2.45, 2.75) is 25.3 Å². The van der Waals surface area contributed by atoms with Gasteiger partial charge in [0.1, 0.15) is 5.69 Å². The first-order valence-corrected chi connectivity index (χ1v) is 8.02. The minimum absolute atomic E-state index is 0.0776. The number of nitrogens with zero attached hydrogens (tertiary/aromatic N) is 1. The number of hydrogen-bond acceptors (Lipinski definition) is 2. The normalized spacial score (nSPS) is 16.8. The van der Waals surface area contributed by atoms with Crippen LogP contribution < -0.4 is 5.32 Å². The largest absolute Gasteiger partial charge is 0.348 e.